The van der Waals surface area contributed by atoms with Gasteiger partial charge in [0.15, 0.2) is 5.82 Å². The van der Waals surface area contributed by atoms with Crippen LogP contribution in [0.25, 0.3) is 0 Å². The molecule has 0 fully saturated rings. The van der Waals surface area contributed by atoms with Crippen LogP contribution in [0.3, 0.4) is 0 Å². The first-order valence-electron chi connectivity index (χ1n) is 5.27. The van der Waals surface area contributed by atoms with Crippen LogP contribution in [-0.4, -0.2) is 33.7 Å². The Balaban J connectivity index is 2.24. The molecule has 1 rings (SSSR count). The van der Waals surface area contributed by atoms with E-state index in [1.54, 1.807) is 6.92 Å². The Bertz CT molecular complexity index is 402. The van der Waals surface area contributed by atoms with Gasteiger partial charge in [-0.15, -0.1) is 0 Å². The van der Waals surface area contributed by atoms with Crippen LogP contribution in [0.1, 0.15) is 25.1 Å². The molecule has 1 atom stereocenters. The second-order valence-corrected chi connectivity index (χ2v) is 3.78. The number of carbonyl (C=O) groups excluding carboxylic acids is 1. The third-order valence-electron chi connectivity index (χ3n) is 2.16. The SMILES string of the molecule is Cc1noc(CCC(=O)NCC(C)C(=O)O)n1. The van der Waals surface area contributed by atoms with Gasteiger partial charge in [0.05, 0.1) is 5.92 Å². The highest BCUT2D eigenvalue weighted by molar-refractivity contribution is 5.77. The van der Waals surface area contributed by atoms with Gasteiger partial charge in [-0.1, -0.05) is 12.1 Å². The predicted octanol–water partition coefficient (Wildman–Crippen LogP) is 0.148. The van der Waals surface area contributed by atoms with E-state index in [9.17, 15) is 9.59 Å². The number of nitrogens with one attached hydrogen (secondary N) is 1. The lowest BCUT2D eigenvalue weighted by atomic mass is 10.2. The van der Waals surface area contributed by atoms with E-state index >= 15 is 0 Å². The average Bonchev–Trinajstić information content (AvgIpc) is 2.69. The van der Waals surface area contributed by atoms with E-state index in [1.165, 1.54) is 6.92 Å². The molecule has 94 valence electrons. The minimum atomic E-state index is -0.933. The standard InChI is InChI=1S/C10H15N3O4/c1-6(10(15)16)5-11-8(14)3-4-9-12-7(2)13-17-9/h6H,3-5H2,1-2H3,(H,11,14)(H,15,16). The van der Waals surface area contributed by atoms with Gasteiger partial charge in [0.1, 0.15) is 0 Å². The summed E-state index contributed by atoms with van der Waals surface area (Å²) in [4.78, 5) is 25.8. The van der Waals surface area contributed by atoms with Gasteiger partial charge >= 0.3 is 5.97 Å². The molecule has 0 spiro atoms. The molecule has 0 saturated heterocycles. The van der Waals surface area contributed by atoms with E-state index < -0.39 is 11.9 Å². The molecule has 2 N–H and O–H groups in total. The number of hydrogen-bond donors (Lipinski definition) is 2. The Morgan fingerprint density at radius 1 is 1.53 bits per heavy atom. The molecule has 1 aromatic heterocycles. The maximum absolute atomic E-state index is 11.4. The van der Waals surface area contributed by atoms with Crippen LogP contribution in [0.5, 0.6) is 0 Å². The molecule has 7 heteroatoms. The summed E-state index contributed by atoms with van der Waals surface area (Å²) in [6.07, 6.45) is 0.558. The molecule has 1 aromatic rings. The number of carboxylic acid groups (broad SMARTS) is 1. The summed E-state index contributed by atoms with van der Waals surface area (Å²) in [6, 6.07) is 0. The second-order valence-electron chi connectivity index (χ2n) is 3.78. The summed E-state index contributed by atoms with van der Waals surface area (Å²) in [6.45, 7) is 3.35. The molecule has 17 heavy (non-hydrogen) atoms. The van der Waals surface area contributed by atoms with Gasteiger partial charge in [-0.2, -0.15) is 4.98 Å². The molecule has 0 bridgehead atoms. The van der Waals surface area contributed by atoms with Crippen LogP contribution in [0, 0.1) is 12.8 Å². The third kappa shape index (κ3) is 4.62. The molecule has 1 unspecified atom stereocenters. The Morgan fingerprint density at radius 2 is 2.24 bits per heavy atom. The fraction of sp³-hybridized carbons (Fsp3) is 0.600. The van der Waals surface area contributed by atoms with Crippen molar-refractivity contribution < 1.29 is 19.2 Å². The van der Waals surface area contributed by atoms with Gasteiger partial charge in [-0.25, -0.2) is 0 Å². The van der Waals surface area contributed by atoms with E-state index in [-0.39, 0.29) is 18.9 Å². The molecule has 0 radical (unpaired) electrons. The normalized spacial score (nSPS) is 12.1. The van der Waals surface area contributed by atoms with Crippen molar-refractivity contribution >= 4 is 11.9 Å². The van der Waals surface area contributed by atoms with Crippen LogP contribution in [0.2, 0.25) is 0 Å². The monoisotopic (exact) mass is 241 g/mol. The molecule has 7 nitrogen and oxygen atoms in total. The number of aryl methyl sites for hydroxylation is 2. The van der Waals surface area contributed by atoms with Gasteiger partial charge in [0, 0.05) is 19.4 Å². The van der Waals surface area contributed by atoms with Crippen molar-refractivity contribution in [2.45, 2.75) is 26.7 Å². The molecular formula is C10H15N3O4. The number of rotatable bonds is 6. The highest BCUT2D eigenvalue weighted by atomic mass is 16.5. The quantitative estimate of drug-likeness (QED) is 0.734. The van der Waals surface area contributed by atoms with Crippen molar-refractivity contribution in [3.8, 4) is 0 Å². The van der Waals surface area contributed by atoms with Gasteiger partial charge in [-0.05, 0) is 6.92 Å². The molecule has 1 amide bonds. The fourth-order valence-electron chi connectivity index (χ4n) is 1.10. The first-order valence-corrected chi connectivity index (χ1v) is 5.27. The van der Waals surface area contributed by atoms with Crippen LogP contribution in [0.4, 0.5) is 0 Å². The highest BCUT2D eigenvalue weighted by Gasteiger charge is 2.12. The number of hydrogen-bond acceptors (Lipinski definition) is 5. The summed E-state index contributed by atoms with van der Waals surface area (Å²) in [5.74, 6) is -0.819. The molecule has 0 saturated carbocycles. The summed E-state index contributed by atoms with van der Waals surface area (Å²) < 4.78 is 4.84. The van der Waals surface area contributed by atoms with Gasteiger partial charge in [0.2, 0.25) is 11.8 Å². The first-order chi connectivity index (χ1) is 7.99. The topological polar surface area (TPSA) is 105 Å². The van der Waals surface area contributed by atoms with Gasteiger partial charge in [0.25, 0.3) is 0 Å². The number of nitrogens with zero attached hydrogens (tertiary/aromatic N) is 2. The van der Waals surface area contributed by atoms with Crippen LogP contribution in [-0.2, 0) is 16.0 Å². The van der Waals surface area contributed by atoms with Crippen molar-refractivity contribution in [1.29, 1.82) is 0 Å². The summed E-state index contributed by atoms with van der Waals surface area (Å²) in [5.41, 5.74) is 0. The van der Waals surface area contributed by atoms with Crippen LogP contribution in [0.15, 0.2) is 4.52 Å². The number of carbonyl (C=O) groups is 2. The molecule has 0 aliphatic carbocycles. The maximum Gasteiger partial charge on any atom is 0.308 e. The van der Waals surface area contributed by atoms with Crippen molar-refractivity contribution in [2.24, 2.45) is 5.92 Å². The highest BCUT2D eigenvalue weighted by Crippen LogP contribution is 2.00. The van der Waals surface area contributed by atoms with Gasteiger partial charge < -0.3 is 14.9 Å². The lowest BCUT2D eigenvalue weighted by Crippen LogP contribution is -2.31. The molecule has 1 heterocycles. The molecule has 0 aromatic carbocycles. The van der Waals surface area contributed by atoms with E-state index in [4.69, 9.17) is 9.63 Å². The smallest absolute Gasteiger partial charge is 0.308 e. The van der Waals surface area contributed by atoms with Crippen molar-refractivity contribution in [1.82, 2.24) is 15.5 Å². The molecule has 0 aliphatic rings. The summed E-state index contributed by atoms with van der Waals surface area (Å²) in [7, 11) is 0. The van der Waals surface area contributed by atoms with E-state index in [1.807, 2.05) is 0 Å². The fourth-order valence-corrected chi connectivity index (χ4v) is 1.10. The largest absolute Gasteiger partial charge is 0.481 e. The Hall–Kier alpha value is -1.92. The van der Waals surface area contributed by atoms with Crippen LogP contribution < -0.4 is 5.32 Å². The number of aliphatic carboxylic acids is 1. The summed E-state index contributed by atoms with van der Waals surface area (Å²) >= 11 is 0. The lowest BCUT2D eigenvalue weighted by molar-refractivity contribution is -0.141. The van der Waals surface area contributed by atoms with Crippen molar-refractivity contribution in [3.05, 3.63) is 11.7 Å². The molecule has 0 aliphatic heterocycles. The minimum absolute atomic E-state index is 0.122. The predicted molar refractivity (Wildman–Crippen MR) is 57.2 cm³/mol. The minimum Gasteiger partial charge on any atom is -0.481 e. The van der Waals surface area contributed by atoms with Crippen molar-refractivity contribution in [2.75, 3.05) is 6.54 Å². The van der Waals surface area contributed by atoms with Crippen molar-refractivity contribution in [3.63, 3.8) is 0 Å². The lowest BCUT2D eigenvalue weighted by Gasteiger charge is -2.07. The van der Waals surface area contributed by atoms with E-state index in [2.05, 4.69) is 15.5 Å². The van der Waals surface area contributed by atoms with Gasteiger partial charge in [-0.3, -0.25) is 9.59 Å². The zero-order valence-corrected chi connectivity index (χ0v) is 9.77. The third-order valence-corrected chi connectivity index (χ3v) is 2.16. The average molecular weight is 241 g/mol. The maximum atomic E-state index is 11.4. The Kier molecular flexibility index (Phi) is 4.62. The van der Waals surface area contributed by atoms with E-state index in [0.717, 1.165) is 0 Å². The van der Waals surface area contributed by atoms with E-state index in [0.29, 0.717) is 18.1 Å². The zero-order valence-electron chi connectivity index (χ0n) is 9.77. The summed E-state index contributed by atoms with van der Waals surface area (Å²) in [5, 5.41) is 14.7. The Morgan fingerprint density at radius 3 is 2.76 bits per heavy atom. The zero-order chi connectivity index (χ0) is 12.8. The molecular weight excluding hydrogens is 226 g/mol. The second kappa shape index (κ2) is 5.97. The number of amides is 1. The van der Waals surface area contributed by atoms with Crippen LogP contribution >= 0.6 is 0 Å². The Labute approximate surface area is 98.2 Å². The number of carboxylic acids is 1. The first kappa shape index (κ1) is 13.1. The number of aromatic nitrogens is 2.